The number of ether oxygens (including phenoxy) is 1. The summed E-state index contributed by atoms with van der Waals surface area (Å²) in [5, 5.41) is 4.06. The van der Waals surface area contributed by atoms with Crippen molar-refractivity contribution in [3.63, 3.8) is 0 Å². The van der Waals surface area contributed by atoms with Gasteiger partial charge in [-0.25, -0.2) is 5.43 Å². The Balaban J connectivity index is 1.90. The van der Waals surface area contributed by atoms with Gasteiger partial charge in [-0.3, -0.25) is 4.79 Å². The molecule has 2 aromatic carbocycles. The first-order valence-electron chi connectivity index (χ1n) is 7.34. The Bertz CT molecular complexity index is 719. The summed E-state index contributed by atoms with van der Waals surface area (Å²) >= 11 is 0. The van der Waals surface area contributed by atoms with Gasteiger partial charge in [-0.15, -0.1) is 0 Å². The second-order valence-electron chi connectivity index (χ2n) is 5.47. The number of carbonyl (C=O) groups is 1. The molecule has 0 aliphatic carbocycles. The van der Waals surface area contributed by atoms with Crippen LogP contribution in [0.25, 0.3) is 0 Å². The van der Waals surface area contributed by atoms with Crippen LogP contribution in [0.2, 0.25) is 0 Å². The van der Waals surface area contributed by atoms with E-state index in [4.69, 9.17) is 10.5 Å². The lowest BCUT2D eigenvalue weighted by molar-refractivity contribution is -0.123. The van der Waals surface area contributed by atoms with Gasteiger partial charge in [-0.05, 0) is 61.7 Å². The van der Waals surface area contributed by atoms with Crippen LogP contribution in [0.15, 0.2) is 47.6 Å². The molecule has 0 spiro atoms. The minimum absolute atomic E-state index is 0.0867. The van der Waals surface area contributed by atoms with Crippen LogP contribution in [0.5, 0.6) is 5.75 Å². The number of hydrazone groups is 1. The van der Waals surface area contributed by atoms with Gasteiger partial charge in [0.05, 0.1) is 5.71 Å². The minimum Gasteiger partial charge on any atom is -0.484 e. The summed E-state index contributed by atoms with van der Waals surface area (Å²) in [5.74, 6) is 0.363. The maximum atomic E-state index is 11.8. The predicted molar refractivity (Wildman–Crippen MR) is 92.6 cm³/mol. The van der Waals surface area contributed by atoms with Gasteiger partial charge in [-0.1, -0.05) is 18.2 Å². The molecule has 0 bridgehead atoms. The zero-order chi connectivity index (χ0) is 16.8. The second kappa shape index (κ2) is 7.45. The molecule has 0 aromatic heterocycles. The van der Waals surface area contributed by atoms with Crippen molar-refractivity contribution in [2.45, 2.75) is 20.8 Å². The lowest BCUT2D eigenvalue weighted by Crippen LogP contribution is -2.25. The van der Waals surface area contributed by atoms with E-state index in [-0.39, 0.29) is 12.5 Å². The summed E-state index contributed by atoms with van der Waals surface area (Å²) in [6.45, 7) is 5.69. The summed E-state index contributed by atoms with van der Waals surface area (Å²) in [6.07, 6.45) is 0. The highest BCUT2D eigenvalue weighted by molar-refractivity contribution is 5.99. The van der Waals surface area contributed by atoms with Crippen LogP contribution in [0.1, 0.15) is 23.6 Å². The Morgan fingerprint density at radius 3 is 2.52 bits per heavy atom. The Kier molecular flexibility index (Phi) is 5.36. The van der Waals surface area contributed by atoms with Crippen molar-refractivity contribution in [1.29, 1.82) is 0 Å². The molecule has 0 saturated carbocycles. The number of nitrogen functional groups attached to an aromatic ring is 1. The number of nitrogens with zero attached hydrogens (tertiary/aromatic N) is 1. The first-order chi connectivity index (χ1) is 10.9. The number of hydrogen-bond acceptors (Lipinski definition) is 4. The predicted octanol–water partition coefficient (Wildman–Crippen LogP) is 2.80. The van der Waals surface area contributed by atoms with Crippen LogP contribution in [0.4, 0.5) is 5.69 Å². The Morgan fingerprint density at radius 1 is 1.17 bits per heavy atom. The van der Waals surface area contributed by atoms with Crippen LogP contribution >= 0.6 is 0 Å². The lowest BCUT2D eigenvalue weighted by atomic mass is 10.1. The van der Waals surface area contributed by atoms with Crippen molar-refractivity contribution in [2.75, 3.05) is 12.3 Å². The number of carbonyl (C=O) groups excluding carboxylic acids is 1. The Hall–Kier alpha value is -2.82. The molecule has 120 valence electrons. The fourth-order valence-electron chi connectivity index (χ4n) is 2.17. The van der Waals surface area contributed by atoms with Crippen molar-refractivity contribution in [3.05, 3.63) is 59.2 Å². The molecule has 1 amide bonds. The van der Waals surface area contributed by atoms with Crippen molar-refractivity contribution in [3.8, 4) is 5.75 Å². The largest absolute Gasteiger partial charge is 0.484 e. The van der Waals surface area contributed by atoms with Crippen molar-refractivity contribution < 1.29 is 9.53 Å². The number of anilines is 1. The van der Waals surface area contributed by atoms with Crippen LogP contribution in [-0.2, 0) is 4.79 Å². The van der Waals surface area contributed by atoms with Crippen molar-refractivity contribution >= 4 is 17.3 Å². The van der Waals surface area contributed by atoms with Crippen molar-refractivity contribution in [1.82, 2.24) is 5.43 Å². The molecule has 0 saturated heterocycles. The molecule has 23 heavy (non-hydrogen) atoms. The first-order valence-corrected chi connectivity index (χ1v) is 7.34. The highest BCUT2D eigenvalue weighted by Crippen LogP contribution is 2.15. The molecule has 0 aliphatic heterocycles. The number of benzene rings is 2. The average Bonchev–Trinajstić information content (AvgIpc) is 2.49. The maximum absolute atomic E-state index is 11.8. The van der Waals surface area contributed by atoms with Crippen LogP contribution < -0.4 is 15.9 Å². The van der Waals surface area contributed by atoms with Crippen molar-refractivity contribution in [2.24, 2.45) is 5.10 Å². The highest BCUT2D eigenvalue weighted by Gasteiger charge is 2.04. The van der Waals surface area contributed by atoms with Crippen LogP contribution in [-0.4, -0.2) is 18.2 Å². The molecule has 0 atom stereocenters. The van der Waals surface area contributed by atoms with Gasteiger partial charge in [0.2, 0.25) is 0 Å². The molecule has 3 N–H and O–H groups in total. The summed E-state index contributed by atoms with van der Waals surface area (Å²) in [6, 6.07) is 13.2. The fourth-order valence-corrected chi connectivity index (χ4v) is 2.17. The Morgan fingerprint density at radius 2 is 1.87 bits per heavy atom. The van der Waals surface area contributed by atoms with Crippen LogP contribution in [0, 0.1) is 13.8 Å². The molecule has 2 rings (SSSR count). The summed E-state index contributed by atoms with van der Waals surface area (Å²) < 4.78 is 5.49. The summed E-state index contributed by atoms with van der Waals surface area (Å²) in [7, 11) is 0. The number of hydrogen-bond donors (Lipinski definition) is 2. The van der Waals surface area contributed by atoms with E-state index in [9.17, 15) is 4.79 Å². The lowest BCUT2D eigenvalue weighted by Gasteiger charge is -2.08. The molecule has 5 nitrogen and oxygen atoms in total. The molecular weight excluding hydrogens is 290 g/mol. The highest BCUT2D eigenvalue weighted by atomic mass is 16.5. The van der Waals surface area contributed by atoms with E-state index >= 15 is 0 Å². The van der Waals surface area contributed by atoms with Gasteiger partial charge < -0.3 is 10.5 Å². The second-order valence-corrected chi connectivity index (χ2v) is 5.47. The third-order valence-electron chi connectivity index (χ3n) is 3.22. The van der Waals surface area contributed by atoms with Gasteiger partial charge >= 0.3 is 0 Å². The number of amides is 1. The number of aryl methyl sites for hydroxylation is 2. The molecule has 0 aliphatic rings. The molecule has 2 aromatic rings. The average molecular weight is 311 g/mol. The third-order valence-corrected chi connectivity index (χ3v) is 3.22. The third kappa shape index (κ3) is 5.14. The fraction of sp³-hybridized carbons (Fsp3) is 0.222. The standard InChI is InChI=1S/C18H21N3O2/c1-12-7-13(2)9-17(8-12)23-11-18(22)21-20-14(3)15-5-4-6-16(19)10-15/h4-10H,11,19H2,1-3H3,(H,21,22). The quantitative estimate of drug-likeness (QED) is 0.506. The van der Waals surface area contributed by atoms with Gasteiger partial charge in [0.15, 0.2) is 6.61 Å². The number of nitrogens with one attached hydrogen (secondary N) is 1. The summed E-state index contributed by atoms with van der Waals surface area (Å²) in [5.41, 5.74) is 12.6. The molecule has 0 fully saturated rings. The van der Waals surface area contributed by atoms with E-state index in [1.54, 1.807) is 19.1 Å². The first kappa shape index (κ1) is 16.5. The smallest absolute Gasteiger partial charge is 0.277 e. The van der Waals surface area contributed by atoms with Gasteiger partial charge in [-0.2, -0.15) is 5.10 Å². The van der Waals surface area contributed by atoms with E-state index < -0.39 is 0 Å². The minimum atomic E-state index is -0.313. The number of rotatable bonds is 5. The van der Waals surface area contributed by atoms with E-state index in [0.717, 1.165) is 16.7 Å². The normalized spacial score (nSPS) is 11.2. The molecular formula is C18H21N3O2. The summed E-state index contributed by atoms with van der Waals surface area (Å²) in [4.78, 5) is 11.8. The van der Waals surface area contributed by atoms with Crippen LogP contribution in [0.3, 0.4) is 0 Å². The van der Waals surface area contributed by atoms with E-state index in [0.29, 0.717) is 17.1 Å². The molecule has 0 radical (unpaired) electrons. The topological polar surface area (TPSA) is 76.7 Å². The van der Waals surface area contributed by atoms with E-state index in [2.05, 4.69) is 10.5 Å². The van der Waals surface area contributed by atoms with Gasteiger partial charge in [0, 0.05) is 5.69 Å². The zero-order valence-corrected chi connectivity index (χ0v) is 13.6. The molecule has 0 heterocycles. The maximum Gasteiger partial charge on any atom is 0.277 e. The SMILES string of the molecule is CC(=NNC(=O)COc1cc(C)cc(C)c1)c1cccc(N)c1. The van der Waals surface area contributed by atoms with E-state index in [1.807, 2.05) is 44.2 Å². The van der Waals surface area contributed by atoms with E-state index in [1.165, 1.54) is 0 Å². The molecule has 5 heteroatoms. The molecule has 0 unspecified atom stereocenters. The van der Waals surface area contributed by atoms with Gasteiger partial charge in [0.25, 0.3) is 5.91 Å². The van der Waals surface area contributed by atoms with Gasteiger partial charge in [0.1, 0.15) is 5.75 Å². The monoisotopic (exact) mass is 311 g/mol. The Labute approximate surface area is 136 Å². The zero-order valence-electron chi connectivity index (χ0n) is 13.6. The number of nitrogens with two attached hydrogens (primary N) is 1.